The normalized spacial score (nSPS) is 10.8. The molecule has 0 aliphatic heterocycles. The number of hydrogen-bond acceptors (Lipinski definition) is 4. The Morgan fingerprint density at radius 3 is 2.76 bits per heavy atom. The Balaban J connectivity index is 1.97. The lowest BCUT2D eigenvalue weighted by Gasteiger charge is -2.04. The number of nitrogens with one attached hydrogen (secondary N) is 1. The molecule has 0 saturated carbocycles. The summed E-state index contributed by atoms with van der Waals surface area (Å²) in [5.74, 6) is -1.03. The maximum atomic E-state index is 10.9. The van der Waals surface area contributed by atoms with Crippen LogP contribution in [0.25, 0.3) is 11.1 Å². The number of anilines is 2. The third-order valence-electron chi connectivity index (χ3n) is 2.81. The molecule has 0 spiro atoms. The van der Waals surface area contributed by atoms with E-state index in [1.807, 2.05) is 0 Å². The number of oxazole rings is 1. The quantitative estimate of drug-likeness (QED) is 0.738. The summed E-state index contributed by atoms with van der Waals surface area (Å²) in [6, 6.07) is 9.61. The number of carboxylic acids is 1. The van der Waals surface area contributed by atoms with Crippen molar-refractivity contribution >= 4 is 52.0 Å². The van der Waals surface area contributed by atoms with E-state index in [1.165, 1.54) is 12.1 Å². The summed E-state index contributed by atoms with van der Waals surface area (Å²) in [6.45, 7) is 0. The Kier molecular flexibility index (Phi) is 3.45. The van der Waals surface area contributed by atoms with Crippen LogP contribution in [-0.2, 0) is 0 Å². The van der Waals surface area contributed by atoms with E-state index in [9.17, 15) is 4.79 Å². The third-order valence-corrected chi connectivity index (χ3v) is 3.37. The minimum Gasteiger partial charge on any atom is -0.478 e. The van der Waals surface area contributed by atoms with E-state index in [1.54, 1.807) is 24.3 Å². The third kappa shape index (κ3) is 2.79. The molecule has 1 aromatic heterocycles. The number of fused-ring (bicyclic) bond motifs is 1. The second-order valence-corrected chi connectivity index (χ2v) is 5.10. The van der Waals surface area contributed by atoms with Crippen molar-refractivity contribution in [1.29, 1.82) is 0 Å². The minimum atomic E-state index is -1.03. The van der Waals surface area contributed by atoms with Gasteiger partial charge in [-0.1, -0.05) is 23.2 Å². The fourth-order valence-corrected chi connectivity index (χ4v) is 2.16. The molecule has 0 unspecified atom stereocenters. The standard InChI is InChI=1S/C14H8Cl2N2O3/c15-8-2-3-9(16)11(6-8)18-14-17-10-4-1-7(13(19)20)5-12(10)21-14/h1-6H,(H,17,18)(H,19,20). The largest absolute Gasteiger partial charge is 0.478 e. The fraction of sp³-hybridized carbons (Fsp3) is 0. The zero-order valence-electron chi connectivity index (χ0n) is 10.4. The van der Waals surface area contributed by atoms with Crippen molar-refractivity contribution < 1.29 is 14.3 Å². The molecular weight excluding hydrogens is 315 g/mol. The summed E-state index contributed by atoms with van der Waals surface area (Å²) in [5.41, 5.74) is 1.59. The van der Waals surface area contributed by atoms with Gasteiger partial charge in [-0.15, -0.1) is 0 Å². The van der Waals surface area contributed by atoms with Crippen molar-refractivity contribution in [3.05, 3.63) is 52.0 Å². The first-order chi connectivity index (χ1) is 10.0. The molecule has 2 N–H and O–H groups in total. The molecule has 0 bridgehead atoms. The number of hydrogen-bond donors (Lipinski definition) is 2. The number of aromatic nitrogens is 1. The van der Waals surface area contributed by atoms with E-state index in [0.29, 0.717) is 26.8 Å². The van der Waals surface area contributed by atoms with Crippen molar-refractivity contribution in [2.45, 2.75) is 0 Å². The van der Waals surface area contributed by atoms with E-state index >= 15 is 0 Å². The summed E-state index contributed by atoms with van der Waals surface area (Å²) < 4.78 is 5.47. The Morgan fingerprint density at radius 2 is 2.00 bits per heavy atom. The molecule has 0 aliphatic rings. The first-order valence-corrected chi connectivity index (χ1v) is 6.64. The van der Waals surface area contributed by atoms with Crippen molar-refractivity contribution in [3.63, 3.8) is 0 Å². The van der Waals surface area contributed by atoms with Gasteiger partial charge in [-0.3, -0.25) is 0 Å². The number of nitrogens with zero attached hydrogens (tertiary/aromatic N) is 1. The predicted octanol–water partition coefficient (Wildman–Crippen LogP) is 4.58. The molecule has 0 fully saturated rings. The van der Waals surface area contributed by atoms with Gasteiger partial charge in [0, 0.05) is 5.02 Å². The van der Waals surface area contributed by atoms with Gasteiger partial charge in [0.05, 0.1) is 16.3 Å². The van der Waals surface area contributed by atoms with Crippen molar-refractivity contribution in [2.75, 3.05) is 5.32 Å². The van der Waals surface area contributed by atoms with Crippen molar-refractivity contribution in [2.24, 2.45) is 0 Å². The maximum Gasteiger partial charge on any atom is 0.335 e. The first kappa shape index (κ1) is 13.7. The molecule has 5 nitrogen and oxygen atoms in total. The molecule has 3 rings (SSSR count). The Hall–Kier alpha value is -2.24. The van der Waals surface area contributed by atoms with E-state index in [-0.39, 0.29) is 11.6 Å². The van der Waals surface area contributed by atoms with Crippen LogP contribution >= 0.6 is 23.2 Å². The summed E-state index contributed by atoms with van der Waals surface area (Å²) in [6.07, 6.45) is 0. The van der Waals surface area contributed by atoms with E-state index < -0.39 is 5.97 Å². The van der Waals surface area contributed by atoms with Gasteiger partial charge in [-0.25, -0.2) is 4.79 Å². The van der Waals surface area contributed by atoms with E-state index in [4.69, 9.17) is 32.7 Å². The summed E-state index contributed by atoms with van der Waals surface area (Å²) in [5, 5.41) is 12.8. The number of benzene rings is 2. The van der Waals surface area contributed by atoms with Gasteiger partial charge >= 0.3 is 5.97 Å². The molecule has 7 heteroatoms. The second kappa shape index (κ2) is 5.27. The van der Waals surface area contributed by atoms with E-state index in [2.05, 4.69) is 10.3 Å². The molecule has 106 valence electrons. The topological polar surface area (TPSA) is 75.4 Å². The van der Waals surface area contributed by atoms with Crippen LogP contribution in [0.1, 0.15) is 10.4 Å². The smallest absolute Gasteiger partial charge is 0.335 e. The Morgan fingerprint density at radius 1 is 1.19 bits per heavy atom. The van der Waals surface area contributed by atoms with Crippen LogP contribution in [0.2, 0.25) is 10.0 Å². The van der Waals surface area contributed by atoms with Gasteiger partial charge in [0.15, 0.2) is 5.58 Å². The molecule has 0 aliphatic carbocycles. The zero-order valence-corrected chi connectivity index (χ0v) is 11.9. The molecule has 0 amide bonds. The highest BCUT2D eigenvalue weighted by molar-refractivity contribution is 6.35. The van der Waals surface area contributed by atoms with Crippen LogP contribution in [0.4, 0.5) is 11.7 Å². The van der Waals surface area contributed by atoms with Gasteiger partial charge in [0.2, 0.25) is 0 Å². The number of aromatic carboxylic acids is 1. The number of carboxylic acid groups (broad SMARTS) is 1. The Bertz CT molecular complexity index is 845. The number of rotatable bonds is 3. The van der Waals surface area contributed by atoms with Crippen LogP contribution < -0.4 is 5.32 Å². The fourth-order valence-electron chi connectivity index (χ4n) is 1.82. The molecule has 0 radical (unpaired) electrons. The van der Waals surface area contributed by atoms with Gasteiger partial charge in [-0.05, 0) is 36.4 Å². The second-order valence-electron chi connectivity index (χ2n) is 4.26. The lowest BCUT2D eigenvalue weighted by Crippen LogP contribution is -1.94. The van der Waals surface area contributed by atoms with Gasteiger partial charge < -0.3 is 14.8 Å². The van der Waals surface area contributed by atoms with Crippen LogP contribution in [0.15, 0.2) is 40.8 Å². The van der Waals surface area contributed by atoms with Crippen LogP contribution in [0, 0.1) is 0 Å². The monoisotopic (exact) mass is 322 g/mol. The van der Waals surface area contributed by atoms with Gasteiger partial charge in [0.1, 0.15) is 5.52 Å². The molecule has 2 aromatic carbocycles. The highest BCUT2D eigenvalue weighted by Gasteiger charge is 2.11. The molecular formula is C14H8Cl2N2O3. The number of halogens is 2. The first-order valence-electron chi connectivity index (χ1n) is 5.89. The minimum absolute atomic E-state index is 0.131. The molecule has 3 aromatic rings. The number of carbonyl (C=O) groups is 1. The molecule has 0 saturated heterocycles. The van der Waals surface area contributed by atoms with Crippen molar-refractivity contribution in [3.8, 4) is 0 Å². The van der Waals surface area contributed by atoms with Gasteiger partial charge in [-0.2, -0.15) is 4.98 Å². The van der Waals surface area contributed by atoms with Crippen molar-refractivity contribution in [1.82, 2.24) is 4.98 Å². The van der Waals surface area contributed by atoms with Gasteiger partial charge in [0.25, 0.3) is 6.01 Å². The molecule has 1 heterocycles. The predicted molar refractivity (Wildman–Crippen MR) is 80.7 cm³/mol. The molecule has 21 heavy (non-hydrogen) atoms. The van der Waals surface area contributed by atoms with Crippen LogP contribution in [-0.4, -0.2) is 16.1 Å². The lowest BCUT2D eigenvalue weighted by atomic mass is 10.2. The van der Waals surface area contributed by atoms with Crippen LogP contribution in [0.5, 0.6) is 0 Å². The summed E-state index contributed by atoms with van der Waals surface area (Å²) >= 11 is 11.9. The summed E-state index contributed by atoms with van der Waals surface area (Å²) in [7, 11) is 0. The average Bonchev–Trinajstić information content (AvgIpc) is 2.84. The lowest BCUT2D eigenvalue weighted by molar-refractivity contribution is 0.0697. The maximum absolute atomic E-state index is 10.9. The highest BCUT2D eigenvalue weighted by Crippen LogP contribution is 2.29. The van der Waals surface area contributed by atoms with Crippen LogP contribution in [0.3, 0.4) is 0 Å². The highest BCUT2D eigenvalue weighted by atomic mass is 35.5. The zero-order chi connectivity index (χ0) is 15.0. The average molecular weight is 323 g/mol. The SMILES string of the molecule is O=C(O)c1ccc2nc(Nc3cc(Cl)ccc3Cl)oc2c1. The Labute approximate surface area is 129 Å². The summed E-state index contributed by atoms with van der Waals surface area (Å²) in [4.78, 5) is 15.1. The van der Waals surface area contributed by atoms with E-state index in [0.717, 1.165) is 0 Å². The molecule has 0 atom stereocenters.